The molecule has 0 unspecified atom stereocenters. The number of nitrogens with zero attached hydrogens (tertiary/aromatic N) is 1. The molecule has 0 saturated carbocycles. The van der Waals surface area contributed by atoms with Crippen LogP contribution in [0.25, 0.3) is 0 Å². The van der Waals surface area contributed by atoms with Crippen LogP contribution in [0.15, 0.2) is 23.1 Å². The molecular formula is C13H15Cl2NO3S. The van der Waals surface area contributed by atoms with Crippen molar-refractivity contribution in [3.8, 4) is 0 Å². The van der Waals surface area contributed by atoms with E-state index in [-0.39, 0.29) is 21.6 Å². The second kappa shape index (κ2) is 6.02. The Labute approximate surface area is 128 Å². The number of halogens is 2. The lowest BCUT2D eigenvalue weighted by Crippen LogP contribution is -2.39. The SMILES string of the molecule is CC(=O)C1CCN(S(=O)(=O)c2cc(Cl)ccc2Cl)CC1. The van der Waals surface area contributed by atoms with Crippen LogP contribution in [0.5, 0.6) is 0 Å². The van der Waals surface area contributed by atoms with E-state index in [1.807, 2.05) is 0 Å². The summed E-state index contributed by atoms with van der Waals surface area (Å²) in [4.78, 5) is 11.3. The van der Waals surface area contributed by atoms with Crippen molar-refractivity contribution in [3.05, 3.63) is 28.2 Å². The van der Waals surface area contributed by atoms with Crippen molar-refractivity contribution in [1.29, 1.82) is 0 Å². The minimum Gasteiger partial charge on any atom is -0.300 e. The summed E-state index contributed by atoms with van der Waals surface area (Å²) in [6, 6.07) is 4.38. The van der Waals surface area contributed by atoms with Gasteiger partial charge < -0.3 is 0 Å². The van der Waals surface area contributed by atoms with Crippen molar-refractivity contribution in [2.75, 3.05) is 13.1 Å². The average Bonchev–Trinajstić information content (AvgIpc) is 2.41. The summed E-state index contributed by atoms with van der Waals surface area (Å²) < 4.78 is 26.4. The molecule has 0 atom stereocenters. The molecule has 0 bridgehead atoms. The Bertz CT molecular complexity index is 623. The average molecular weight is 336 g/mol. The smallest absolute Gasteiger partial charge is 0.244 e. The predicted octanol–water partition coefficient (Wildman–Crippen LogP) is 2.98. The van der Waals surface area contributed by atoms with Crippen LogP contribution in [0.4, 0.5) is 0 Å². The molecule has 1 fully saturated rings. The third kappa shape index (κ3) is 3.17. The number of piperidine rings is 1. The van der Waals surface area contributed by atoms with E-state index in [2.05, 4.69) is 0 Å². The molecule has 2 rings (SSSR count). The zero-order chi connectivity index (χ0) is 14.9. The number of hydrogen-bond donors (Lipinski definition) is 0. The lowest BCUT2D eigenvalue weighted by atomic mass is 9.95. The zero-order valence-electron chi connectivity index (χ0n) is 11.0. The van der Waals surface area contributed by atoms with Crippen molar-refractivity contribution in [2.24, 2.45) is 5.92 Å². The van der Waals surface area contributed by atoms with Gasteiger partial charge in [-0.3, -0.25) is 4.79 Å². The quantitative estimate of drug-likeness (QED) is 0.853. The topological polar surface area (TPSA) is 54.5 Å². The lowest BCUT2D eigenvalue weighted by Gasteiger charge is -2.30. The summed E-state index contributed by atoms with van der Waals surface area (Å²) in [7, 11) is -3.66. The summed E-state index contributed by atoms with van der Waals surface area (Å²) in [6.07, 6.45) is 1.10. The number of carbonyl (C=O) groups is 1. The first-order chi connectivity index (χ1) is 9.32. The van der Waals surface area contributed by atoms with Crippen molar-refractivity contribution in [2.45, 2.75) is 24.7 Å². The third-order valence-corrected chi connectivity index (χ3v) is 6.16. The van der Waals surface area contributed by atoms with Gasteiger partial charge in [-0.25, -0.2) is 8.42 Å². The van der Waals surface area contributed by atoms with Crippen LogP contribution in [0.3, 0.4) is 0 Å². The first-order valence-corrected chi connectivity index (χ1v) is 8.47. The van der Waals surface area contributed by atoms with E-state index < -0.39 is 10.0 Å². The standard InChI is InChI=1S/C13H15Cl2NO3S/c1-9(17)10-4-6-16(7-5-10)20(18,19)13-8-11(14)2-3-12(13)15/h2-3,8,10H,4-7H2,1H3. The Morgan fingerprint density at radius 3 is 2.40 bits per heavy atom. The van der Waals surface area contributed by atoms with Gasteiger partial charge >= 0.3 is 0 Å². The molecule has 0 aromatic heterocycles. The molecule has 1 aromatic rings. The van der Waals surface area contributed by atoms with Crippen LogP contribution in [-0.2, 0) is 14.8 Å². The van der Waals surface area contributed by atoms with Crippen LogP contribution in [0.1, 0.15) is 19.8 Å². The predicted molar refractivity (Wildman–Crippen MR) is 78.6 cm³/mol. The summed E-state index contributed by atoms with van der Waals surface area (Å²) in [6.45, 7) is 2.20. The highest BCUT2D eigenvalue weighted by atomic mass is 35.5. The van der Waals surface area contributed by atoms with Crippen molar-refractivity contribution in [3.63, 3.8) is 0 Å². The lowest BCUT2D eigenvalue weighted by molar-refractivity contribution is -0.121. The number of rotatable bonds is 3. The van der Waals surface area contributed by atoms with Gasteiger partial charge in [-0.2, -0.15) is 4.31 Å². The molecule has 4 nitrogen and oxygen atoms in total. The maximum Gasteiger partial charge on any atom is 0.244 e. The van der Waals surface area contributed by atoms with Gasteiger partial charge in [0.25, 0.3) is 0 Å². The second-order valence-corrected chi connectivity index (χ2v) is 7.61. The molecular weight excluding hydrogens is 321 g/mol. The molecule has 7 heteroatoms. The van der Waals surface area contributed by atoms with Gasteiger partial charge in [0.15, 0.2) is 0 Å². The Kier molecular flexibility index (Phi) is 4.74. The molecule has 0 N–H and O–H groups in total. The zero-order valence-corrected chi connectivity index (χ0v) is 13.3. The summed E-state index contributed by atoms with van der Waals surface area (Å²) in [5, 5.41) is 0.481. The highest BCUT2D eigenvalue weighted by molar-refractivity contribution is 7.89. The first-order valence-electron chi connectivity index (χ1n) is 6.28. The van der Waals surface area contributed by atoms with E-state index >= 15 is 0 Å². The molecule has 110 valence electrons. The molecule has 1 heterocycles. The van der Waals surface area contributed by atoms with Gasteiger partial charge in [0, 0.05) is 24.0 Å². The minimum absolute atomic E-state index is 0.0212. The largest absolute Gasteiger partial charge is 0.300 e. The van der Waals surface area contributed by atoms with Gasteiger partial charge in [0.2, 0.25) is 10.0 Å². The van der Waals surface area contributed by atoms with Crippen LogP contribution in [0.2, 0.25) is 10.0 Å². The van der Waals surface area contributed by atoms with Crippen LogP contribution in [0, 0.1) is 5.92 Å². The maximum absolute atomic E-state index is 12.5. The number of sulfonamides is 1. The van der Waals surface area contributed by atoms with Crippen LogP contribution >= 0.6 is 23.2 Å². The molecule has 1 aliphatic heterocycles. The molecule has 0 radical (unpaired) electrons. The fourth-order valence-corrected chi connectivity index (χ4v) is 4.52. The van der Waals surface area contributed by atoms with Crippen molar-refractivity contribution >= 4 is 39.0 Å². The summed E-state index contributed by atoms with van der Waals surface area (Å²) >= 11 is 11.8. The van der Waals surface area contributed by atoms with Gasteiger partial charge in [-0.05, 0) is 38.0 Å². The van der Waals surface area contributed by atoms with Crippen molar-refractivity contribution < 1.29 is 13.2 Å². The molecule has 0 aliphatic carbocycles. The van der Waals surface area contributed by atoms with E-state index in [0.29, 0.717) is 31.0 Å². The monoisotopic (exact) mass is 335 g/mol. The van der Waals surface area contributed by atoms with Gasteiger partial charge in [0.05, 0.1) is 5.02 Å². The Morgan fingerprint density at radius 1 is 1.25 bits per heavy atom. The Balaban J connectivity index is 2.24. The molecule has 0 amide bonds. The van der Waals surface area contributed by atoms with Gasteiger partial charge in [-0.15, -0.1) is 0 Å². The molecule has 20 heavy (non-hydrogen) atoms. The summed E-state index contributed by atoms with van der Waals surface area (Å²) in [5.41, 5.74) is 0. The minimum atomic E-state index is -3.66. The van der Waals surface area contributed by atoms with E-state index in [1.54, 1.807) is 13.0 Å². The third-order valence-electron chi connectivity index (χ3n) is 3.54. The fourth-order valence-electron chi connectivity index (χ4n) is 2.32. The number of hydrogen-bond acceptors (Lipinski definition) is 3. The molecule has 0 spiro atoms. The highest BCUT2D eigenvalue weighted by Gasteiger charge is 2.32. The Morgan fingerprint density at radius 2 is 1.85 bits per heavy atom. The number of carbonyl (C=O) groups excluding carboxylic acids is 1. The van der Waals surface area contributed by atoms with Crippen LogP contribution in [-0.4, -0.2) is 31.6 Å². The highest BCUT2D eigenvalue weighted by Crippen LogP contribution is 2.30. The normalized spacial score (nSPS) is 18.1. The van der Waals surface area contributed by atoms with E-state index in [1.165, 1.54) is 16.4 Å². The molecule has 1 saturated heterocycles. The first kappa shape index (κ1) is 15.8. The fraction of sp³-hybridized carbons (Fsp3) is 0.462. The van der Waals surface area contributed by atoms with Gasteiger partial charge in [-0.1, -0.05) is 23.2 Å². The molecule has 1 aliphatic rings. The van der Waals surface area contributed by atoms with Crippen molar-refractivity contribution in [1.82, 2.24) is 4.31 Å². The van der Waals surface area contributed by atoms with Crippen LogP contribution < -0.4 is 0 Å². The number of ketones is 1. The number of benzene rings is 1. The van der Waals surface area contributed by atoms with E-state index in [9.17, 15) is 13.2 Å². The van der Waals surface area contributed by atoms with E-state index in [4.69, 9.17) is 23.2 Å². The second-order valence-electron chi connectivity index (χ2n) is 4.86. The van der Waals surface area contributed by atoms with E-state index in [0.717, 1.165) is 0 Å². The maximum atomic E-state index is 12.5. The summed E-state index contributed by atoms with van der Waals surface area (Å²) in [5.74, 6) is 0.0686. The molecule has 1 aromatic carbocycles. The van der Waals surface area contributed by atoms with Gasteiger partial charge in [0.1, 0.15) is 10.7 Å². The number of Topliss-reactive ketones (excluding diaryl/α,β-unsaturated/α-hetero) is 1. The Hall–Kier alpha value is -0.620.